The molecule has 1 unspecified atom stereocenters. The lowest BCUT2D eigenvalue weighted by Gasteiger charge is -2.29. The molecule has 3 atom stereocenters. The van der Waals surface area contributed by atoms with Gasteiger partial charge in [-0.05, 0) is 5.92 Å². The lowest BCUT2D eigenvalue weighted by molar-refractivity contribution is -0.150. The van der Waals surface area contributed by atoms with Gasteiger partial charge in [-0.25, -0.2) is 4.79 Å². The zero-order valence-corrected chi connectivity index (χ0v) is 9.72. The second-order valence-corrected chi connectivity index (χ2v) is 4.47. The molecule has 0 aromatic heterocycles. The number of likely N-dealkylation sites (tertiary alicyclic amines) is 1. The van der Waals surface area contributed by atoms with Crippen LogP contribution >= 0.6 is 0 Å². The number of aliphatic carboxylic acids is 1. The first kappa shape index (κ1) is 13.0. The van der Waals surface area contributed by atoms with E-state index in [1.807, 2.05) is 13.8 Å². The van der Waals surface area contributed by atoms with Crippen molar-refractivity contribution >= 4 is 11.9 Å². The van der Waals surface area contributed by atoms with Crippen molar-refractivity contribution in [1.82, 2.24) is 4.90 Å². The Morgan fingerprint density at radius 3 is 2.62 bits per heavy atom. The minimum atomic E-state index is -0.957. The van der Waals surface area contributed by atoms with Crippen molar-refractivity contribution < 1.29 is 19.8 Å². The number of aliphatic hydroxyl groups excluding tert-OH is 1. The topological polar surface area (TPSA) is 77.8 Å². The van der Waals surface area contributed by atoms with Crippen LogP contribution in [0.25, 0.3) is 0 Å². The standard InChI is InChI=1S/C11H19NO4/c1-3-7(2)10(11(15)16)12-5-8(6-13)4-9(12)14/h7-8,10,13H,3-6H2,1-2H3,(H,15,16)/t7-,8?,10-/m0/s1. The molecule has 92 valence electrons. The Bertz CT molecular complexity index is 279. The van der Waals surface area contributed by atoms with Crippen LogP contribution in [0.15, 0.2) is 0 Å². The largest absolute Gasteiger partial charge is 0.480 e. The molecule has 1 saturated heterocycles. The molecule has 1 amide bonds. The molecule has 0 aromatic rings. The van der Waals surface area contributed by atoms with Gasteiger partial charge in [0, 0.05) is 25.5 Å². The number of carboxylic acid groups (broad SMARTS) is 1. The van der Waals surface area contributed by atoms with E-state index in [4.69, 9.17) is 10.2 Å². The third-order valence-electron chi connectivity index (χ3n) is 3.27. The molecule has 1 aliphatic heterocycles. The molecule has 0 radical (unpaired) electrons. The molecule has 0 aromatic carbocycles. The molecule has 0 saturated carbocycles. The summed E-state index contributed by atoms with van der Waals surface area (Å²) in [4.78, 5) is 24.2. The zero-order chi connectivity index (χ0) is 12.3. The Labute approximate surface area is 95.1 Å². The van der Waals surface area contributed by atoms with Crippen LogP contribution in [0.3, 0.4) is 0 Å². The van der Waals surface area contributed by atoms with Gasteiger partial charge in [-0.15, -0.1) is 0 Å². The maximum Gasteiger partial charge on any atom is 0.326 e. The van der Waals surface area contributed by atoms with Crippen LogP contribution in [-0.4, -0.2) is 46.2 Å². The average molecular weight is 229 g/mol. The van der Waals surface area contributed by atoms with Crippen molar-refractivity contribution in [2.24, 2.45) is 11.8 Å². The van der Waals surface area contributed by atoms with E-state index in [2.05, 4.69) is 0 Å². The average Bonchev–Trinajstić information content (AvgIpc) is 2.59. The van der Waals surface area contributed by atoms with E-state index in [-0.39, 0.29) is 30.8 Å². The fourth-order valence-electron chi connectivity index (χ4n) is 2.11. The van der Waals surface area contributed by atoms with Gasteiger partial charge in [0.05, 0.1) is 0 Å². The van der Waals surface area contributed by atoms with Crippen LogP contribution in [0.1, 0.15) is 26.7 Å². The van der Waals surface area contributed by atoms with Crippen LogP contribution < -0.4 is 0 Å². The van der Waals surface area contributed by atoms with Gasteiger partial charge in [0.1, 0.15) is 6.04 Å². The highest BCUT2D eigenvalue weighted by Gasteiger charge is 2.39. The Morgan fingerprint density at radius 2 is 2.25 bits per heavy atom. The van der Waals surface area contributed by atoms with Gasteiger partial charge in [-0.1, -0.05) is 20.3 Å². The molecule has 16 heavy (non-hydrogen) atoms. The van der Waals surface area contributed by atoms with Crippen LogP contribution in [0, 0.1) is 11.8 Å². The van der Waals surface area contributed by atoms with E-state index in [1.54, 1.807) is 0 Å². The number of hydrogen-bond acceptors (Lipinski definition) is 3. The van der Waals surface area contributed by atoms with Crippen molar-refractivity contribution in [3.63, 3.8) is 0 Å². The van der Waals surface area contributed by atoms with E-state index in [1.165, 1.54) is 4.90 Å². The minimum absolute atomic E-state index is 0.0604. The molecular formula is C11H19NO4. The van der Waals surface area contributed by atoms with Crippen molar-refractivity contribution in [3.05, 3.63) is 0 Å². The second-order valence-electron chi connectivity index (χ2n) is 4.47. The number of aliphatic hydroxyl groups is 1. The summed E-state index contributed by atoms with van der Waals surface area (Å²) in [5.41, 5.74) is 0. The van der Waals surface area contributed by atoms with E-state index >= 15 is 0 Å². The molecule has 1 fully saturated rings. The molecule has 1 rings (SSSR count). The molecule has 0 bridgehead atoms. The maximum atomic E-state index is 11.7. The monoisotopic (exact) mass is 229 g/mol. The fourth-order valence-corrected chi connectivity index (χ4v) is 2.11. The van der Waals surface area contributed by atoms with Crippen LogP contribution in [0.2, 0.25) is 0 Å². The smallest absolute Gasteiger partial charge is 0.326 e. The zero-order valence-electron chi connectivity index (χ0n) is 9.72. The quantitative estimate of drug-likeness (QED) is 0.712. The van der Waals surface area contributed by atoms with Gasteiger partial charge in [-0.2, -0.15) is 0 Å². The summed E-state index contributed by atoms with van der Waals surface area (Å²) in [6.45, 7) is 4.04. The lowest BCUT2D eigenvalue weighted by Crippen LogP contribution is -2.46. The highest BCUT2D eigenvalue weighted by Crippen LogP contribution is 2.24. The SMILES string of the molecule is CC[C@H](C)[C@@H](C(=O)O)N1CC(CO)CC1=O. The minimum Gasteiger partial charge on any atom is -0.480 e. The number of carbonyl (C=O) groups is 2. The van der Waals surface area contributed by atoms with Crippen molar-refractivity contribution in [3.8, 4) is 0 Å². The molecule has 1 heterocycles. The number of carboxylic acids is 1. The molecular weight excluding hydrogens is 210 g/mol. The number of rotatable bonds is 5. The van der Waals surface area contributed by atoms with Crippen LogP contribution in [0.4, 0.5) is 0 Å². The summed E-state index contributed by atoms with van der Waals surface area (Å²) in [6.07, 6.45) is 0.973. The number of carbonyl (C=O) groups excluding carboxylic acids is 1. The molecule has 2 N–H and O–H groups in total. The highest BCUT2D eigenvalue weighted by molar-refractivity contribution is 5.85. The summed E-state index contributed by atoms with van der Waals surface area (Å²) in [6, 6.07) is -0.756. The van der Waals surface area contributed by atoms with Crippen molar-refractivity contribution in [2.75, 3.05) is 13.2 Å². The predicted octanol–water partition coefficient (Wildman–Crippen LogP) is 0.326. The Morgan fingerprint density at radius 1 is 1.62 bits per heavy atom. The Kier molecular flexibility index (Phi) is 4.29. The predicted molar refractivity (Wildman–Crippen MR) is 57.8 cm³/mol. The number of nitrogens with zero attached hydrogens (tertiary/aromatic N) is 1. The molecule has 5 heteroatoms. The summed E-state index contributed by atoms with van der Waals surface area (Å²) < 4.78 is 0. The Balaban J connectivity index is 2.80. The second kappa shape index (κ2) is 5.30. The molecule has 0 spiro atoms. The normalized spacial score (nSPS) is 24.6. The van der Waals surface area contributed by atoms with Gasteiger partial charge in [0.15, 0.2) is 0 Å². The van der Waals surface area contributed by atoms with E-state index in [0.717, 1.165) is 0 Å². The van der Waals surface area contributed by atoms with E-state index in [9.17, 15) is 9.59 Å². The third kappa shape index (κ3) is 2.52. The molecule has 5 nitrogen and oxygen atoms in total. The number of hydrogen-bond donors (Lipinski definition) is 2. The van der Waals surface area contributed by atoms with Crippen molar-refractivity contribution in [1.29, 1.82) is 0 Å². The maximum absolute atomic E-state index is 11.7. The highest BCUT2D eigenvalue weighted by atomic mass is 16.4. The summed E-state index contributed by atoms with van der Waals surface area (Å²) in [5, 5.41) is 18.1. The first-order chi connectivity index (χ1) is 7.51. The molecule has 1 aliphatic rings. The van der Waals surface area contributed by atoms with Crippen LogP contribution in [0.5, 0.6) is 0 Å². The summed E-state index contributed by atoms with van der Waals surface area (Å²) >= 11 is 0. The van der Waals surface area contributed by atoms with Crippen LogP contribution in [-0.2, 0) is 9.59 Å². The van der Waals surface area contributed by atoms with Gasteiger partial charge in [0.25, 0.3) is 0 Å². The van der Waals surface area contributed by atoms with Gasteiger partial charge >= 0.3 is 5.97 Å². The first-order valence-electron chi connectivity index (χ1n) is 5.64. The van der Waals surface area contributed by atoms with Gasteiger partial charge in [0.2, 0.25) is 5.91 Å². The van der Waals surface area contributed by atoms with Gasteiger partial charge in [-0.3, -0.25) is 4.79 Å². The summed E-state index contributed by atoms with van der Waals surface area (Å²) in [5.74, 6) is -1.30. The van der Waals surface area contributed by atoms with E-state index in [0.29, 0.717) is 13.0 Å². The Hall–Kier alpha value is -1.10. The van der Waals surface area contributed by atoms with Gasteiger partial charge < -0.3 is 15.1 Å². The number of amides is 1. The summed E-state index contributed by atoms with van der Waals surface area (Å²) in [7, 11) is 0. The molecule has 0 aliphatic carbocycles. The van der Waals surface area contributed by atoms with E-state index < -0.39 is 12.0 Å². The first-order valence-corrected chi connectivity index (χ1v) is 5.64. The van der Waals surface area contributed by atoms with Crippen molar-refractivity contribution in [2.45, 2.75) is 32.7 Å². The fraction of sp³-hybridized carbons (Fsp3) is 0.818. The lowest BCUT2D eigenvalue weighted by atomic mass is 9.98. The third-order valence-corrected chi connectivity index (χ3v) is 3.27.